The molecule has 2 saturated carbocycles. The minimum atomic E-state index is -2.34. The van der Waals surface area contributed by atoms with Gasteiger partial charge < -0.3 is 0 Å². The van der Waals surface area contributed by atoms with Gasteiger partial charge in [-0.3, -0.25) is 0 Å². The van der Waals surface area contributed by atoms with E-state index in [-0.39, 0.29) is 10.8 Å². The van der Waals surface area contributed by atoms with Crippen molar-refractivity contribution in [1.82, 2.24) is 0 Å². The summed E-state index contributed by atoms with van der Waals surface area (Å²) in [5, 5.41) is 3.35. The number of benzene rings is 2. The van der Waals surface area contributed by atoms with E-state index in [4.69, 9.17) is 0 Å². The zero-order chi connectivity index (χ0) is 31.1. The van der Waals surface area contributed by atoms with Crippen LogP contribution in [0.2, 0.25) is 11.1 Å². The van der Waals surface area contributed by atoms with Crippen LogP contribution < -0.4 is 10.4 Å². The molecule has 6 rings (SSSR count). The van der Waals surface area contributed by atoms with Crippen molar-refractivity contribution in [2.24, 2.45) is 40.4 Å². The Morgan fingerprint density at radius 2 is 1.20 bits per heavy atom. The summed E-state index contributed by atoms with van der Waals surface area (Å²) in [5.41, 5.74) is 4.72. The van der Waals surface area contributed by atoms with Crippen LogP contribution in [0.15, 0.2) is 121 Å². The Labute approximate surface area is 270 Å². The molecule has 4 aliphatic carbocycles. The third-order valence-corrected chi connectivity index (χ3v) is 18.1. The summed E-state index contributed by atoms with van der Waals surface area (Å²) in [5.74, 6) is 3.07. The van der Waals surface area contributed by atoms with Gasteiger partial charge in [-0.2, -0.15) is 0 Å². The Morgan fingerprint density at radius 3 is 1.66 bits per heavy atom. The Bertz CT molecular complexity index is 1330. The first-order valence-corrected chi connectivity index (χ1v) is 19.7. The maximum absolute atomic E-state index is 4.02. The van der Waals surface area contributed by atoms with Crippen LogP contribution in [0.4, 0.5) is 0 Å². The number of allylic oxidation sites excluding steroid dienone is 9. The fourth-order valence-electron chi connectivity index (χ4n) is 9.78. The lowest BCUT2D eigenvalue weighted by Gasteiger charge is -2.48. The Morgan fingerprint density at radius 1 is 0.705 bits per heavy atom. The third-order valence-electron chi connectivity index (χ3n) is 11.9. The van der Waals surface area contributed by atoms with Crippen LogP contribution in [0.1, 0.15) is 80.1 Å². The highest BCUT2D eigenvalue weighted by Gasteiger charge is 2.62. The fraction of sp³-hybridized carbons (Fsp3) is 0.488. The van der Waals surface area contributed by atoms with E-state index in [1.807, 2.05) is 0 Å². The molecular weight excluding hydrogens is 545 g/mol. The third kappa shape index (κ3) is 5.64. The van der Waals surface area contributed by atoms with Crippen molar-refractivity contribution in [1.29, 1.82) is 0 Å². The zero-order valence-corrected chi connectivity index (χ0v) is 29.3. The van der Waals surface area contributed by atoms with E-state index in [1.165, 1.54) is 43.3 Å². The van der Waals surface area contributed by atoms with Crippen LogP contribution in [-0.4, -0.2) is 8.07 Å². The van der Waals surface area contributed by atoms with Gasteiger partial charge in [0, 0.05) is 0 Å². The first kappa shape index (κ1) is 31.3. The van der Waals surface area contributed by atoms with Gasteiger partial charge in [0.05, 0.1) is 0 Å². The molecule has 6 atom stereocenters. The average molecular weight is 601 g/mol. The highest BCUT2D eigenvalue weighted by atomic mass is 28.3. The van der Waals surface area contributed by atoms with Gasteiger partial charge in [0.25, 0.3) is 0 Å². The second-order valence-corrected chi connectivity index (χ2v) is 20.9. The molecule has 0 nitrogen and oxygen atoms in total. The first-order chi connectivity index (χ1) is 21.0. The molecule has 0 saturated heterocycles. The summed E-state index contributed by atoms with van der Waals surface area (Å²) in [7, 11) is -2.34. The van der Waals surface area contributed by atoms with Gasteiger partial charge in [-0.15, -0.1) is 6.58 Å². The number of rotatable bonds is 8. The maximum Gasteiger partial charge on any atom is 0.125 e. The molecule has 0 aromatic heterocycles. The van der Waals surface area contributed by atoms with E-state index in [2.05, 4.69) is 151 Å². The SMILES string of the molecule is C=CCCCC1CCC([Si](c2ccccc2)(c2ccccc2)C2C3C=C(C(C)(C)C)C=CC3C3C=CC(C(C)(C)C)=CC32)C1. The molecule has 2 aromatic carbocycles. The summed E-state index contributed by atoms with van der Waals surface area (Å²) in [6.07, 6.45) is 25.9. The molecular formula is C43H56Si. The highest BCUT2D eigenvalue weighted by Crippen LogP contribution is 2.63. The number of fused-ring (bicyclic) bond motifs is 3. The predicted octanol–water partition coefficient (Wildman–Crippen LogP) is 10.7. The summed E-state index contributed by atoms with van der Waals surface area (Å²) in [6.45, 7) is 18.4. The molecule has 2 aromatic rings. The topological polar surface area (TPSA) is 0 Å². The van der Waals surface area contributed by atoms with Crippen molar-refractivity contribution in [2.45, 2.75) is 91.1 Å². The van der Waals surface area contributed by atoms with Gasteiger partial charge in [-0.1, -0.05) is 174 Å². The Balaban J connectivity index is 1.60. The van der Waals surface area contributed by atoms with Crippen molar-refractivity contribution in [3.8, 4) is 0 Å². The minimum Gasteiger partial charge on any atom is -0.103 e. The molecule has 0 spiro atoms. The monoisotopic (exact) mass is 600 g/mol. The van der Waals surface area contributed by atoms with Gasteiger partial charge in [0.15, 0.2) is 0 Å². The summed E-state index contributed by atoms with van der Waals surface area (Å²) >= 11 is 0. The van der Waals surface area contributed by atoms with E-state index in [0.717, 1.165) is 17.9 Å². The van der Waals surface area contributed by atoms with Crippen LogP contribution in [0, 0.1) is 40.4 Å². The number of hydrogen-bond donors (Lipinski definition) is 0. The fourth-order valence-corrected chi connectivity index (χ4v) is 17.0. The molecule has 232 valence electrons. The van der Waals surface area contributed by atoms with Crippen LogP contribution in [-0.2, 0) is 0 Å². The maximum atomic E-state index is 4.02. The largest absolute Gasteiger partial charge is 0.125 e. The zero-order valence-electron chi connectivity index (χ0n) is 28.3. The lowest BCUT2D eigenvalue weighted by Crippen LogP contribution is -2.66. The van der Waals surface area contributed by atoms with Crippen molar-refractivity contribution in [2.75, 3.05) is 0 Å². The molecule has 0 aliphatic heterocycles. The van der Waals surface area contributed by atoms with Gasteiger partial charge in [-0.25, -0.2) is 0 Å². The quantitative estimate of drug-likeness (QED) is 0.161. The molecule has 0 heterocycles. The molecule has 4 aliphatic rings. The lowest BCUT2D eigenvalue weighted by atomic mass is 9.74. The van der Waals surface area contributed by atoms with Crippen molar-refractivity contribution >= 4 is 18.4 Å². The summed E-state index contributed by atoms with van der Waals surface area (Å²) in [4.78, 5) is 0. The van der Waals surface area contributed by atoms with E-state index in [1.54, 1.807) is 10.4 Å². The average Bonchev–Trinajstić information content (AvgIpc) is 3.61. The summed E-state index contributed by atoms with van der Waals surface area (Å²) in [6, 6.07) is 24.0. The van der Waals surface area contributed by atoms with Crippen molar-refractivity contribution < 1.29 is 0 Å². The molecule has 2 fully saturated rings. The molecule has 6 unspecified atom stereocenters. The molecule has 0 radical (unpaired) electrons. The standard InChI is InChI=1S/C43H56Si/c1-8-9-12-17-31-22-25-36(28-31)44(34-18-13-10-14-19-34,35-20-15-11-16-21-35)41-39-29-32(42(2,3)4)23-26-37(39)38-27-24-33(30-40(38)41)43(5,6)7/h8,10-11,13-16,18-21,23-24,26-27,29-31,36-41H,1,9,12,17,22,25,28H2,2-7H3. The van der Waals surface area contributed by atoms with E-state index >= 15 is 0 Å². The number of hydrogen-bond acceptors (Lipinski definition) is 0. The van der Waals surface area contributed by atoms with Crippen LogP contribution in [0.5, 0.6) is 0 Å². The Hall–Kier alpha value is -2.64. The smallest absolute Gasteiger partial charge is 0.103 e. The Kier molecular flexibility index (Phi) is 8.75. The second-order valence-electron chi connectivity index (χ2n) is 16.5. The van der Waals surface area contributed by atoms with Crippen LogP contribution >= 0.6 is 0 Å². The van der Waals surface area contributed by atoms with Gasteiger partial charge in [-0.05, 0) is 81.9 Å². The minimum absolute atomic E-state index is 0.148. The van der Waals surface area contributed by atoms with Gasteiger partial charge in [0.2, 0.25) is 0 Å². The molecule has 1 heteroatoms. The van der Waals surface area contributed by atoms with Crippen molar-refractivity contribution in [3.63, 3.8) is 0 Å². The molecule has 0 N–H and O–H groups in total. The normalized spacial score (nSPS) is 30.0. The van der Waals surface area contributed by atoms with Gasteiger partial charge >= 0.3 is 0 Å². The first-order valence-electron chi connectivity index (χ1n) is 17.6. The lowest BCUT2D eigenvalue weighted by molar-refractivity contribution is 0.433. The highest BCUT2D eigenvalue weighted by molar-refractivity contribution is 7.04. The summed E-state index contributed by atoms with van der Waals surface area (Å²) < 4.78 is 0. The van der Waals surface area contributed by atoms with E-state index in [9.17, 15) is 0 Å². The molecule has 0 amide bonds. The van der Waals surface area contributed by atoms with E-state index in [0.29, 0.717) is 29.2 Å². The van der Waals surface area contributed by atoms with Gasteiger partial charge in [0.1, 0.15) is 8.07 Å². The predicted molar refractivity (Wildman–Crippen MR) is 194 cm³/mol. The number of unbranched alkanes of at least 4 members (excludes halogenated alkanes) is 1. The molecule has 0 bridgehead atoms. The molecule has 44 heavy (non-hydrogen) atoms. The van der Waals surface area contributed by atoms with Crippen molar-refractivity contribution in [3.05, 3.63) is 121 Å². The second kappa shape index (κ2) is 12.3. The van der Waals surface area contributed by atoms with Crippen LogP contribution in [0.25, 0.3) is 0 Å². The van der Waals surface area contributed by atoms with E-state index < -0.39 is 8.07 Å². The van der Waals surface area contributed by atoms with Crippen LogP contribution in [0.3, 0.4) is 0 Å².